The molecule has 0 atom stereocenters. The van der Waals surface area contributed by atoms with E-state index in [1.165, 1.54) is 23.2 Å². The van der Waals surface area contributed by atoms with Crippen LogP contribution in [0.5, 0.6) is 0 Å². The number of halogens is 1. The van der Waals surface area contributed by atoms with E-state index in [1.54, 1.807) is 24.1 Å². The summed E-state index contributed by atoms with van der Waals surface area (Å²) in [5, 5.41) is 1.21. The molecule has 0 radical (unpaired) electrons. The highest BCUT2D eigenvalue weighted by Gasteiger charge is 2.10. The Hall–Kier alpha value is -1.94. The van der Waals surface area contributed by atoms with Crippen LogP contribution in [-0.4, -0.2) is 18.1 Å². The first-order valence-electron chi connectivity index (χ1n) is 6.36. The van der Waals surface area contributed by atoms with Crippen LogP contribution in [0.25, 0.3) is 10.9 Å². The second-order valence-electron chi connectivity index (χ2n) is 4.80. The molecule has 102 valence electrons. The number of aromatic nitrogens is 1. The summed E-state index contributed by atoms with van der Waals surface area (Å²) in [5.41, 5.74) is 2.33. The van der Waals surface area contributed by atoms with Gasteiger partial charge in [0.15, 0.2) is 0 Å². The lowest BCUT2D eigenvalue weighted by atomic mass is 10.2. The number of rotatable bonds is 3. The number of anilines is 1. The van der Waals surface area contributed by atoms with Crippen LogP contribution in [0.2, 0.25) is 0 Å². The predicted octanol–water partition coefficient (Wildman–Crippen LogP) is 4.40. The van der Waals surface area contributed by atoms with Gasteiger partial charge in [0.25, 0.3) is 0 Å². The maximum absolute atomic E-state index is 13.0. The number of benzene rings is 2. The monoisotopic (exact) mass is 286 g/mol. The van der Waals surface area contributed by atoms with Crippen molar-refractivity contribution in [2.45, 2.75) is 4.90 Å². The zero-order chi connectivity index (χ0) is 14.1. The summed E-state index contributed by atoms with van der Waals surface area (Å²) in [4.78, 5) is 3.11. The normalized spacial score (nSPS) is 10.9. The van der Waals surface area contributed by atoms with E-state index in [0.29, 0.717) is 0 Å². The zero-order valence-corrected chi connectivity index (χ0v) is 12.2. The Kier molecular flexibility index (Phi) is 3.40. The molecule has 4 heteroatoms. The highest BCUT2D eigenvalue weighted by Crippen LogP contribution is 2.33. The van der Waals surface area contributed by atoms with Gasteiger partial charge in [0.1, 0.15) is 5.82 Å². The lowest BCUT2D eigenvalue weighted by molar-refractivity contribution is 0.626. The number of hydrogen-bond acceptors (Lipinski definition) is 2. The quantitative estimate of drug-likeness (QED) is 0.705. The third-order valence-corrected chi connectivity index (χ3v) is 4.14. The van der Waals surface area contributed by atoms with Gasteiger partial charge in [0, 0.05) is 30.6 Å². The van der Waals surface area contributed by atoms with Gasteiger partial charge < -0.3 is 4.90 Å². The SMILES string of the molecule is CN(C)c1cn(Sc2ccc(F)cc2)c2ccccc12. The van der Waals surface area contributed by atoms with Gasteiger partial charge in [0.05, 0.1) is 11.2 Å². The van der Waals surface area contributed by atoms with Gasteiger partial charge in [-0.2, -0.15) is 0 Å². The molecule has 1 heterocycles. The molecule has 2 nitrogen and oxygen atoms in total. The van der Waals surface area contributed by atoms with E-state index in [9.17, 15) is 4.39 Å². The van der Waals surface area contributed by atoms with Crippen molar-refractivity contribution in [3.63, 3.8) is 0 Å². The molecule has 2 aromatic carbocycles. The molecule has 0 aliphatic rings. The predicted molar refractivity (Wildman–Crippen MR) is 83.9 cm³/mol. The van der Waals surface area contributed by atoms with Crippen molar-refractivity contribution in [1.29, 1.82) is 0 Å². The molecule has 0 spiro atoms. The maximum Gasteiger partial charge on any atom is 0.123 e. The maximum atomic E-state index is 13.0. The zero-order valence-electron chi connectivity index (χ0n) is 11.4. The lowest BCUT2D eigenvalue weighted by Crippen LogP contribution is -2.07. The first-order valence-corrected chi connectivity index (χ1v) is 7.14. The Morgan fingerprint density at radius 3 is 2.40 bits per heavy atom. The van der Waals surface area contributed by atoms with Gasteiger partial charge in [-0.25, -0.2) is 4.39 Å². The molecular weight excluding hydrogens is 271 g/mol. The van der Waals surface area contributed by atoms with Crippen molar-refractivity contribution >= 4 is 28.5 Å². The Bertz CT molecular complexity index is 732. The Balaban J connectivity index is 2.05. The van der Waals surface area contributed by atoms with E-state index >= 15 is 0 Å². The van der Waals surface area contributed by atoms with Crippen LogP contribution in [-0.2, 0) is 0 Å². The number of fused-ring (bicyclic) bond motifs is 1. The van der Waals surface area contributed by atoms with Gasteiger partial charge in [-0.3, -0.25) is 3.97 Å². The third-order valence-electron chi connectivity index (χ3n) is 3.16. The minimum absolute atomic E-state index is 0.208. The topological polar surface area (TPSA) is 8.17 Å². The Labute approximate surface area is 122 Å². The van der Waals surface area contributed by atoms with Crippen molar-refractivity contribution in [2.24, 2.45) is 0 Å². The van der Waals surface area contributed by atoms with Crippen molar-refractivity contribution in [3.05, 3.63) is 60.5 Å². The fourth-order valence-electron chi connectivity index (χ4n) is 2.17. The summed E-state index contributed by atoms with van der Waals surface area (Å²) < 4.78 is 15.1. The van der Waals surface area contributed by atoms with Crippen molar-refractivity contribution in [1.82, 2.24) is 3.97 Å². The van der Waals surface area contributed by atoms with Crippen LogP contribution in [0, 0.1) is 5.82 Å². The van der Waals surface area contributed by atoms with Crippen LogP contribution in [0.3, 0.4) is 0 Å². The average molecular weight is 286 g/mol. The summed E-state index contributed by atoms with van der Waals surface area (Å²) in [7, 11) is 4.07. The van der Waals surface area contributed by atoms with Gasteiger partial charge in [-0.1, -0.05) is 18.2 Å². The molecule has 0 bridgehead atoms. The molecule has 1 aromatic heterocycles. The fourth-order valence-corrected chi connectivity index (χ4v) is 3.07. The first-order chi connectivity index (χ1) is 9.65. The summed E-state index contributed by atoms with van der Waals surface area (Å²) in [6.45, 7) is 0. The minimum Gasteiger partial charge on any atom is -0.376 e. The number of para-hydroxylation sites is 1. The lowest BCUT2D eigenvalue weighted by Gasteiger charge is -2.09. The van der Waals surface area contributed by atoms with Crippen molar-refractivity contribution < 1.29 is 4.39 Å². The van der Waals surface area contributed by atoms with E-state index in [4.69, 9.17) is 0 Å². The molecule has 0 aliphatic heterocycles. The molecule has 0 fully saturated rings. The van der Waals surface area contributed by atoms with Crippen LogP contribution in [0.15, 0.2) is 59.6 Å². The van der Waals surface area contributed by atoms with Crippen LogP contribution < -0.4 is 4.90 Å². The van der Waals surface area contributed by atoms with Crippen molar-refractivity contribution in [3.8, 4) is 0 Å². The molecule has 0 aliphatic carbocycles. The van der Waals surface area contributed by atoms with E-state index < -0.39 is 0 Å². The molecule has 20 heavy (non-hydrogen) atoms. The summed E-state index contributed by atoms with van der Waals surface area (Å²) in [5.74, 6) is -0.208. The van der Waals surface area contributed by atoms with E-state index in [0.717, 1.165) is 10.4 Å². The average Bonchev–Trinajstić information content (AvgIpc) is 2.81. The smallest absolute Gasteiger partial charge is 0.123 e. The van der Waals surface area contributed by atoms with Gasteiger partial charge in [-0.15, -0.1) is 0 Å². The minimum atomic E-state index is -0.208. The highest BCUT2D eigenvalue weighted by atomic mass is 32.2. The first kappa shape index (κ1) is 13.1. The standard InChI is InChI=1S/C16H15FN2S/c1-18(2)16-11-19(15-6-4-3-5-14(15)16)20-13-9-7-12(17)8-10-13/h3-11H,1-2H3. The Morgan fingerprint density at radius 2 is 1.70 bits per heavy atom. The molecule has 3 aromatic rings. The van der Waals surface area contributed by atoms with Gasteiger partial charge in [0.2, 0.25) is 0 Å². The molecule has 3 rings (SSSR count). The molecular formula is C16H15FN2S. The fraction of sp³-hybridized carbons (Fsp3) is 0.125. The largest absolute Gasteiger partial charge is 0.376 e. The van der Waals surface area contributed by atoms with Crippen LogP contribution in [0.1, 0.15) is 0 Å². The molecule has 0 saturated carbocycles. The number of hydrogen-bond donors (Lipinski definition) is 0. The Morgan fingerprint density at radius 1 is 1.00 bits per heavy atom. The molecule has 0 saturated heterocycles. The van der Waals surface area contributed by atoms with Crippen LogP contribution >= 0.6 is 11.9 Å². The van der Waals surface area contributed by atoms with Crippen molar-refractivity contribution in [2.75, 3.05) is 19.0 Å². The van der Waals surface area contributed by atoms with E-state index in [2.05, 4.69) is 27.2 Å². The molecule has 0 N–H and O–H groups in total. The third kappa shape index (κ3) is 2.39. The van der Waals surface area contributed by atoms with Gasteiger partial charge in [-0.05, 0) is 42.3 Å². The second-order valence-corrected chi connectivity index (χ2v) is 5.84. The highest BCUT2D eigenvalue weighted by molar-refractivity contribution is 7.98. The van der Waals surface area contributed by atoms with E-state index in [-0.39, 0.29) is 5.82 Å². The molecule has 0 amide bonds. The number of nitrogens with zero attached hydrogens (tertiary/aromatic N) is 2. The summed E-state index contributed by atoms with van der Waals surface area (Å²) in [6, 6.07) is 14.9. The summed E-state index contributed by atoms with van der Waals surface area (Å²) in [6.07, 6.45) is 2.11. The van der Waals surface area contributed by atoms with Crippen LogP contribution in [0.4, 0.5) is 10.1 Å². The molecule has 0 unspecified atom stereocenters. The summed E-state index contributed by atoms with van der Waals surface area (Å²) >= 11 is 1.59. The van der Waals surface area contributed by atoms with E-state index in [1.807, 2.05) is 26.2 Å². The van der Waals surface area contributed by atoms with Gasteiger partial charge >= 0.3 is 0 Å². The second kappa shape index (κ2) is 5.21.